The molecule has 3 heteroatoms. The third kappa shape index (κ3) is 4.35. The van der Waals surface area contributed by atoms with Crippen LogP contribution in [0.25, 0.3) is 0 Å². The van der Waals surface area contributed by atoms with Crippen LogP contribution in [0.15, 0.2) is 48.5 Å². The van der Waals surface area contributed by atoms with Crippen LogP contribution in [0.1, 0.15) is 35.7 Å². The number of carbonyl (C=O) groups is 1. The number of benzene rings is 2. The van der Waals surface area contributed by atoms with E-state index in [1.807, 2.05) is 55.5 Å². The maximum Gasteiger partial charge on any atom is 0.162 e. The van der Waals surface area contributed by atoms with Crippen LogP contribution in [0.2, 0.25) is 0 Å². The molecule has 110 valence electrons. The Bertz CT molecular complexity index is 570. The van der Waals surface area contributed by atoms with Crippen molar-refractivity contribution in [1.29, 1.82) is 0 Å². The van der Waals surface area contributed by atoms with Gasteiger partial charge in [-0.05, 0) is 48.4 Å². The van der Waals surface area contributed by atoms with Gasteiger partial charge in [0.05, 0.1) is 7.11 Å². The second-order valence-corrected chi connectivity index (χ2v) is 4.83. The van der Waals surface area contributed by atoms with Crippen LogP contribution in [-0.2, 0) is 6.61 Å². The molecule has 0 N–H and O–H groups in total. The third-order valence-electron chi connectivity index (χ3n) is 3.22. The molecule has 0 radical (unpaired) electrons. The monoisotopic (exact) mass is 284 g/mol. The van der Waals surface area contributed by atoms with E-state index in [9.17, 15) is 4.79 Å². The molecule has 0 aliphatic heterocycles. The molecule has 0 saturated carbocycles. The lowest BCUT2D eigenvalue weighted by atomic mass is 10.1. The van der Waals surface area contributed by atoms with Gasteiger partial charge < -0.3 is 9.47 Å². The van der Waals surface area contributed by atoms with E-state index in [0.717, 1.165) is 29.0 Å². The second-order valence-electron chi connectivity index (χ2n) is 4.83. The minimum Gasteiger partial charge on any atom is -0.497 e. The quantitative estimate of drug-likeness (QED) is 0.713. The van der Waals surface area contributed by atoms with Crippen molar-refractivity contribution in [3.8, 4) is 11.5 Å². The van der Waals surface area contributed by atoms with Gasteiger partial charge >= 0.3 is 0 Å². The summed E-state index contributed by atoms with van der Waals surface area (Å²) in [6.07, 6.45) is 1.46. The Morgan fingerprint density at radius 1 is 0.952 bits per heavy atom. The smallest absolute Gasteiger partial charge is 0.162 e. The Morgan fingerprint density at radius 2 is 1.57 bits per heavy atom. The molecular weight excluding hydrogens is 264 g/mol. The average molecular weight is 284 g/mol. The van der Waals surface area contributed by atoms with E-state index < -0.39 is 0 Å². The van der Waals surface area contributed by atoms with Crippen LogP contribution in [-0.4, -0.2) is 12.9 Å². The van der Waals surface area contributed by atoms with Crippen molar-refractivity contribution in [1.82, 2.24) is 0 Å². The minimum absolute atomic E-state index is 0.180. The number of rotatable bonds is 7. The normalized spacial score (nSPS) is 10.2. The third-order valence-corrected chi connectivity index (χ3v) is 3.22. The molecular formula is C18H20O3. The van der Waals surface area contributed by atoms with Gasteiger partial charge in [0, 0.05) is 12.0 Å². The van der Waals surface area contributed by atoms with Crippen LogP contribution >= 0.6 is 0 Å². The Hall–Kier alpha value is -2.29. The van der Waals surface area contributed by atoms with Crippen LogP contribution in [0.3, 0.4) is 0 Å². The van der Waals surface area contributed by atoms with Gasteiger partial charge in [-0.25, -0.2) is 0 Å². The van der Waals surface area contributed by atoms with Gasteiger partial charge in [-0.1, -0.05) is 19.1 Å². The molecule has 0 atom stereocenters. The largest absolute Gasteiger partial charge is 0.497 e. The molecule has 2 aromatic carbocycles. The van der Waals surface area contributed by atoms with Crippen molar-refractivity contribution in [2.45, 2.75) is 26.4 Å². The zero-order chi connectivity index (χ0) is 15.1. The minimum atomic E-state index is 0.180. The summed E-state index contributed by atoms with van der Waals surface area (Å²) in [6, 6.07) is 15.1. The molecule has 0 aliphatic carbocycles. The van der Waals surface area contributed by atoms with Crippen molar-refractivity contribution < 1.29 is 14.3 Å². The number of carbonyl (C=O) groups excluding carboxylic acids is 1. The van der Waals surface area contributed by atoms with E-state index in [4.69, 9.17) is 9.47 Å². The summed E-state index contributed by atoms with van der Waals surface area (Å²) in [5.41, 5.74) is 1.82. The predicted molar refractivity (Wildman–Crippen MR) is 83.0 cm³/mol. The fourth-order valence-corrected chi connectivity index (χ4v) is 2.00. The van der Waals surface area contributed by atoms with Crippen molar-refractivity contribution >= 4 is 5.78 Å². The van der Waals surface area contributed by atoms with Crippen LogP contribution in [0, 0.1) is 0 Å². The lowest BCUT2D eigenvalue weighted by Gasteiger charge is -2.08. The van der Waals surface area contributed by atoms with Crippen LogP contribution < -0.4 is 9.47 Å². The maximum absolute atomic E-state index is 11.7. The first kappa shape index (κ1) is 15.1. The summed E-state index contributed by atoms with van der Waals surface area (Å²) in [5, 5.41) is 0. The van der Waals surface area contributed by atoms with Gasteiger partial charge in [0.15, 0.2) is 5.78 Å². The van der Waals surface area contributed by atoms with Crippen LogP contribution in [0.5, 0.6) is 11.5 Å². The first-order valence-corrected chi connectivity index (χ1v) is 7.12. The van der Waals surface area contributed by atoms with E-state index >= 15 is 0 Å². The summed E-state index contributed by atoms with van der Waals surface area (Å²) < 4.78 is 10.8. The molecule has 0 aliphatic rings. The molecule has 0 aromatic heterocycles. The van der Waals surface area contributed by atoms with Gasteiger partial charge in [0.25, 0.3) is 0 Å². The topological polar surface area (TPSA) is 35.5 Å². The summed E-state index contributed by atoms with van der Waals surface area (Å²) >= 11 is 0. The highest BCUT2D eigenvalue weighted by atomic mass is 16.5. The van der Waals surface area contributed by atoms with E-state index in [0.29, 0.717) is 13.0 Å². The standard InChI is InChI=1S/C18H20O3/c1-3-4-18(19)15-7-11-17(12-8-15)21-13-14-5-9-16(20-2)10-6-14/h5-12H,3-4,13H2,1-2H3. The lowest BCUT2D eigenvalue weighted by Crippen LogP contribution is -1.99. The van der Waals surface area contributed by atoms with Crippen molar-refractivity contribution in [2.24, 2.45) is 0 Å². The highest BCUT2D eigenvalue weighted by Gasteiger charge is 2.04. The van der Waals surface area contributed by atoms with Crippen molar-refractivity contribution in [3.63, 3.8) is 0 Å². The zero-order valence-corrected chi connectivity index (χ0v) is 12.5. The molecule has 0 spiro atoms. The number of Topliss-reactive ketones (excluding diaryl/α,β-unsaturated/α-hetero) is 1. The fourth-order valence-electron chi connectivity index (χ4n) is 2.00. The number of ether oxygens (including phenoxy) is 2. The van der Waals surface area contributed by atoms with E-state index in [-0.39, 0.29) is 5.78 Å². The Balaban J connectivity index is 1.92. The summed E-state index contributed by atoms with van der Waals surface area (Å²) in [4.78, 5) is 11.7. The molecule has 2 rings (SSSR count). The molecule has 0 saturated heterocycles. The van der Waals surface area contributed by atoms with Gasteiger partial charge in [0.1, 0.15) is 18.1 Å². The molecule has 2 aromatic rings. The molecule has 0 fully saturated rings. The van der Waals surface area contributed by atoms with E-state index in [1.165, 1.54) is 0 Å². The highest BCUT2D eigenvalue weighted by Crippen LogP contribution is 2.17. The molecule has 0 unspecified atom stereocenters. The van der Waals surface area contributed by atoms with Gasteiger partial charge in [-0.15, -0.1) is 0 Å². The Labute approximate surface area is 125 Å². The summed E-state index contributed by atoms with van der Waals surface area (Å²) in [6.45, 7) is 2.50. The van der Waals surface area contributed by atoms with Crippen molar-refractivity contribution in [2.75, 3.05) is 7.11 Å². The molecule has 0 amide bonds. The summed E-state index contributed by atoms with van der Waals surface area (Å²) in [5.74, 6) is 1.77. The Kier molecular flexibility index (Phi) is 5.38. The maximum atomic E-state index is 11.7. The number of hydrogen-bond donors (Lipinski definition) is 0. The van der Waals surface area contributed by atoms with Crippen LogP contribution in [0.4, 0.5) is 0 Å². The average Bonchev–Trinajstić information content (AvgIpc) is 2.54. The number of ketones is 1. The predicted octanol–water partition coefficient (Wildman–Crippen LogP) is 4.26. The van der Waals surface area contributed by atoms with E-state index in [1.54, 1.807) is 7.11 Å². The SMILES string of the molecule is CCCC(=O)c1ccc(OCc2ccc(OC)cc2)cc1. The molecule has 0 bridgehead atoms. The number of methoxy groups -OCH3 is 1. The van der Waals surface area contributed by atoms with E-state index in [2.05, 4.69) is 0 Å². The van der Waals surface area contributed by atoms with Gasteiger partial charge in [0.2, 0.25) is 0 Å². The van der Waals surface area contributed by atoms with Gasteiger partial charge in [-0.3, -0.25) is 4.79 Å². The fraction of sp³-hybridized carbons (Fsp3) is 0.278. The zero-order valence-electron chi connectivity index (χ0n) is 12.5. The highest BCUT2D eigenvalue weighted by molar-refractivity contribution is 5.96. The van der Waals surface area contributed by atoms with Gasteiger partial charge in [-0.2, -0.15) is 0 Å². The lowest BCUT2D eigenvalue weighted by molar-refractivity contribution is 0.0981. The first-order chi connectivity index (χ1) is 10.2. The first-order valence-electron chi connectivity index (χ1n) is 7.12. The number of hydrogen-bond acceptors (Lipinski definition) is 3. The second kappa shape index (κ2) is 7.48. The van der Waals surface area contributed by atoms with Crippen molar-refractivity contribution in [3.05, 3.63) is 59.7 Å². The summed E-state index contributed by atoms with van der Waals surface area (Å²) in [7, 11) is 1.65. The molecule has 21 heavy (non-hydrogen) atoms. The Morgan fingerprint density at radius 3 is 2.14 bits per heavy atom. The molecule has 3 nitrogen and oxygen atoms in total. The molecule has 0 heterocycles.